The number of nitrogens with two attached hydrogens (primary N) is 1. The van der Waals surface area contributed by atoms with E-state index < -0.39 is 17.5 Å². The van der Waals surface area contributed by atoms with Gasteiger partial charge in [-0.05, 0) is 32.2 Å². The minimum atomic E-state index is -0.539. The average molecular weight is 241 g/mol. The topological polar surface area (TPSA) is 69.4 Å². The number of carbonyl (C=O) groups excluding carboxylic acids is 2. The zero-order chi connectivity index (χ0) is 12.3. The van der Waals surface area contributed by atoms with Gasteiger partial charge in [-0.25, -0.2) is 4.79 Å². The highest BCUT2D eigenvalue weighted by molar-refractivity contribution is 7.10. The van der Waals surface area contributed by atoms with Crippen LogP contribution in [0, 0.1) is 0 Å². The van der Waals surface area contributed by atoms with Crippen LogP contribution < -0.4 is 5.73 Å². The van der Waals surface area contributed by atoms with Crippen LogP contribution in [0.5, 0.6) is 0 Å². The van der Waals surface area contributed by atoms with Gasteiger partial charge in [0.25, 0.3) is 0 Å². The van der Waals surface area contributed by atoms with Crippen LogP contribution in [0.15, 0.2) is 11.4 Å². The Hall–Kier alpha value is -1.36. The SMILES string of the molecule is CC(C)(C)OC(=O)c1ccsc1CC(N)=O. The van der Waals surface area contributed by atoms with Gasteiger partial charge in [0.05, 0.1) is 12.0 Å². The van der Waals surface area contributed by atoms with E-state index in [2.05, 4.69) is 0 Å². The predicted molar refractivity (Wildman–Crippen MR) is 62.4 cm³/mol. The quantitative estimate of drug-likeness (QED) is 0.819. The Balaban J connectivity index is 2.84. The largest absolute Gasteiger partial charge is 0.456 e. The monoisotopic (exact) mass is 241 g/mol. The highest BCUT2D eigenvalue weighted by atomic mass is 32.1. The Morgan fingerprint density at radius 1 is 1.44 bits per heavy atom. The van der Waals surface area contributed by atoms with E-state index in [1.165, 1.54) is 11.3 Å². The van der Waals surface area contributed by atoms with Crippen LogP contribution in [0.1, 0.15) is 36.0 Å². The summed E-state index contributed by atoms with van der Waals surface area (Å²) in [6.07, 6.45) is 0.0756. The maximum atomic E-state index is 11.8. The van der Waals surface area contributed by atoms with Crippen LogP contribution in [0.2, 0.25) is 0 Å². The van der Waals surface area contributed by atoms with Crippen LogP contribution >= 0.6 is 11.3 Å². The molecule has 0 aliphatic rings. The third kappa shape index (κ3) is 3.66. The Kier molecular flexibility index (Phi) is 3.70. The molecule has 0 aliphatic heterocycles. The van der Waals surface area contributed by atoms with Crippen molar-refractivity contribution in [3.8, 4) is 0 Å². The molecular formula is C11H15NO3S. The van der Waals surface area contributed by atoms with Crippen LogP contribution in [-0.4, -0.2) is 17.5 Å². The predicted octanol–water partition coefficient (Wildman–Crippen LogP) is 1.73. The van der Waals surface area contributed by atoms with Gasteiger partial charge in [0.1, 0.15) is 5.60 Å². The molecule has 0 fully saturated rings. The second kappa shape index (κ2) is 4.65. The molecule has 1 amide bonds. The van der Waals surface area contributed by atoms with Crippen molar-refractivity contribution in [1.82, 2.24) is 0 Å². The van der Waals surface area contributed by atoms with Crippen molar-refractivity contribution in [2.45, 2.75) is 32.8 Å². The number of carbonyl (C=O) groups is 2. The van der Waals surface area contributed by atoms with Crippen molar-refractivity contribution < 1.29 is 14.3 Å². The minimum Gasteiger partial charge on any atom is -0.456 e. The molecular weight excluding hydrogens is 226 g/mol. The number of rotatable bonds is 3. The molecule has 0 saturated heterocycles. The summed E-state index contributed by atoms with van der Waals surface area (Å²) in [6, 6.07) is 1.65. The summed E-state index contributed by atoms with van der Waals surface area (Å²) in [6.45, 7) is 5.39. The maximum absolute atomic E-state index is 11.8. The molecule has 16 heavy (non-hydrogen) atoms. The molecule has 0 aliphatic carbocycles. The van der Waals surface area contributed by atoms with Crippen LogP contribution in [0.3, 0.4) is 0 Å². The molecule has 5 heteroatoms. The number of hydrogen-bond acceptors (Lipinski definition) is 4. The summed E-state index contributed by atoms with van der Waals surface area (Å²) < 4.78 is 5.22. The second-order valence-corrected chi connectivity index (χ2v) is 5.40. The second-order valence-electron chi connectivity index (χ2n) is 4.40. The fraction of sp³-hybridized carbons (Fsp3) is 0.455. The number of thiophene rings is 1. The van der Waals surface area contributed by atoms with E-state index in [1.54, 1.807) is 32.2 Å². The first-order valence-corrected chi connectivity index (χ1v) is 5.75. The fourth-order valence-corrected chi connectivity index (χ4v) is 2.02. The molecule has 1 aromatic rings. The molecule has 0 aromatic carbocycles. The summed E-state index contributed by atoms with van der Waals surface area (Å²) in [7, 11) is 0. The van der Waals surface area contributed by atoms with E-state index in [0.29, 0.717) is 10.4 Å². The lowest BCUT2D eigenvalue weighted by Gasteiger charge is -2.19. The molecule has 4 nitrogen and oxygen atoms in total. The molecule has 0 saturated carbocycles. The number of amides is 1. The molecule has 88 valence electrons. The van der Waals surface area contributed by atoms with Crippen LogP contribution in [-0.2, 0) is 16.0 Å². The molecule has 0 unspecified atom stereocenters. The zero-order valence-electron chi connectivity index (χ0n) is 9.57. The zero-order valence-corrected chi connectivity index (χ0v) is 10.4. The van der Waals surface area contributed by atoms with Crippen molar-refractivity contribution >= 4 is 23.2 Å². The van der Waals surface area contributed by atoms with Gasteiger partial charge in [-0.3, -0.25) is 4.79 Å². The van der Waals surface area contributed by atoms with Crippen molar-refractivity contribution in [2.24, 2.45) is 5.73 Å². The number of primary amides is 1. The lowest BCUT2D eigenvalue weighted by Crippen LogP contribution is -2.24. The Morgan fingerprint density at radius 3 is 2.56 bits per heavy atom. The molecule has 0 bridgehead atoms. The molecule has 1 rings (SSSR count). The summed E-state index contributed by atoms with van der Waals surface area (Å²) in [5, 5.41) is 1.75. The lowest BCUT2D eigenvalue weighted by atomic mass is 10.1. The molecule has 1 heterocycles. The molecule has 1 aromatic heterocycles. The number of hydrogen-bond donors (Lipinski definition) is 1. The summed E-state index contributed by atoms with van der Waals surface area (Å²) in [5.41, 5.74) is 4.99. The first-order chi connectivity index (χ1) is 7.29. The van der Waals surface area contributed by atoms with Gasteiger partial charge in [-0.2, -0.15) is 0 Å². The van der Waals surface area contributed by atoms with Gasteiger partial charge in [0, 0.05) is 4.88 Å². The number of ether oxygens (including phenoxy) is 1. The number of esters is 1. The highest BCUT2D eigenvalue weighted by Crippen LogP contribution is 2.20. The normalized spacial score (nSPS) is 11.2. The van der Waals surface area contributed by atoms with Gasteiger partial charge < -0.3 is 10.5 Å². The van der Waals surface area contributed by atoms with E-state index in [4.69, 9.17) is 10.5 Å². The van der Waals surface area contributed by atoms with Crippen molar-refractivity contribution in [3.63, 3.8) is 0 Å². The maximum Gasteiger partial charge on any atom is 0.339 e. The molecule has 2 N–H and O–H groups in total. The third-order valence-electron chi connectivity index (χ3n) is 1.70. The molecule has 0 atom stereocenters. The first kappa shape index (κ1) is 12.7. The standard InChI is InChI=1S/C11H15NO3S/c1-11(2,3)15-10(14)7-4-5-16-8(7)6-9(12)13/h4-5H,6H2,1-3H3,(H2,12,13). The van der Waals surface area contributed by atoms with E-state index in [1.807, 2.05) is 0 Å². The Labute approximate surface area is 98.4 Å². The van der Waals surface area contributed by atoms with Gasteiger partial charge in [0.2, 0.25) is 5.91 Å². The van der Waals surface area contributed by atoms with Crippen molar-refractivity contribution in [2.75, 3.05) is 0 Å². The fourth-order valence-electron chi connectivity index (χ4n) is 1.15. The van der Waals surface area contributed by atoms with Crippen LogP contribution in [0.4, 0.5) is 0 Å². The smallest absolute Gasteiger partial charge is 0.339 e. The molecule has 0 radical (unpaired) electrons. The summed E-state index contributed by atoms with van der Waals surface area (Å²) >= 11 is 1.33. The lowest BCUT2D eigenvalue weighted by molar-refractivity contribution is -0.117. The van der Waals surface area contributed by atoms with Crippen molar-refractivity contribution in [3.05, 3.63) is 21.9 Å². The molecule has 0 spiro atoms. The van der Waals surface area contributed by atoms with Gasteiger partial charge in [0.15, 0.2) is 0 Å². The minimum absolute atomic E-state index is 0.0756. The van der Waals surface area contributed by atoms with Gasteiger partial charge >= 0.3 is 5.97 Å². The Morgan fingerprint density at radius 2 is 2.06 bits per heavy atom. The third-order valence-corrected chi connectivity index (χ3v) is 2.62. The first-order valence-electron chi connectivity index (χ1n) is 4.87. The summed E-state index contributed by atoms with van der Waals surface area (Å²) in [5.74, 6) is -0.864. The highest BCUT2D eigenvalue weighted by Gasteiger charge is 2.21. The van der Waals surface area contributed by atoms with Gasteiger partial charge in [-0.1, -0.05) is 0 Å². The Bertz CT molecular complexity index is 404. The van der Waals surface area contributed by atoms with Gasteiger partial charge in [-0.15, -0.1) is 11.3 Å². The average Bonchev–Trinajstić information content (AvgIpc) is 2.47. The van der Waals surface area contributed by atoms with E-state index in [9.17, 15) is 9.59 Å². The van der Waals surface area contributed by atoms with E-state index in [-0.39, 0.29) is 6.42 Å². The van der Waals surface area contributed by atoms with Crippen molar-refractivity contribution in [1.29, 1.82) is 0 Å². The van der Waals surface area contributed by atoms with E-state index in [0.717, 1.165) is 0 Å². The van der Waals surface area contributed by atoms with Crippen LogP contribution in [0.25, 0.3) is 0 Å². The summed E-state index contributed by atoms with van der Waals surface area (Å²) in [4.78, 5) is 23.2. The van der Waals surface area contributed by atoms with E-state index >= 15 is 0 Å².